The largest absolute Gasteiger partial charge is 0.492 e. The lowest BCUT2D eigenvalue weighted by molar-refractivity contribution is 0.333. The second kappa shape index (κ2) is 6.26. The molecular formula is C14H13N3O. The van der Waals surface area contributed by atoms with Crippen molar-refractivity contribution in [2.45, 2.75) is 0 Å². The Morgan fingerprint density at radius 1 is 1.17 bits per heavy atom. The highest BCUT2D eigenvalue weighted by Crippen LogP contribution is 2.08. The first-order valence-electron chi connectivity index (χ1n) is 5.66. The zero-order valence-corrected chi connectivity index (χ0v) is 9.84. The lowest BCUT2D eigenvalue weighted by Gasteiger charge is -2.08. The summed E-state index contributed by atoms with van der Waals surface area (Å²) >= 11 is 0. The molecule has 0 aliphatic rings. The number of aromatic nitrogens is 1. The van der Waals surface area contributed by atoms with Crippen LogP contribution in [-0.2, 0) is 0 Å². The summed E-state index contributed by atoms with van der Waals surface area (Å²) in [6.45, 7) is 1.26. The molecule has 0 saturated heterocycles. The van der Waals surface area contributed by atoms with Crippen LogP contribution in [0.2, 0.25) is 0 Å². The van der Waals surface area contributed by atoms with Crippen LogP contribution >= 0.6 is 0 Å². The Morgan fingerprint density at radius 2 is 2.00 bits per heavy atom. The number of nitriles is 1. The van der Waals surface area contributed by atoms with Gasteiger partial charge in [-0.25, -0.2) is 4.98 Å². The summed E-state index contributed by atoms with van der Waals surface area (Å²) in [6, 6.07) is 15.2. The summed E-state index contributed by atoms with van der Waals surface area (Å²) in [4.78, 5) is 3.97. The molecule has 18 heavy (non-hydrogen) atoms. The van der Waals surface area contributed by atoms with Crippen LogP contribution in [-0.4, -0.2) is 18.1 Å². The maximum atomic E-state index is 8.62. The fraction of sp³-hybridized carbons (Fsp3) is 0.143. The molecule has 0 amide bonds. The summed E-state index contributed by atoms with van der Waals surface area (Å²) in [6.07, 6.45) is 1.64. The molecule has 0 unspecified atom stereocenters. The van der Waals surface area contributed by atoms with Gasteiger partial charge in [-0.15, -0.1) is 0 Å². The third kappa shape index (κ3) is 3.49. The van der Waals surface area contributed by atoms with E-state index in [0.717, 1.165) is 11.4 Å². The standard InChI is InChI=1S/C14H13N3O/c15-10-12-6-7-13(11-17-12)16-8-9-18-14-4-2-1-3-5-14/h1-7,11,16H,8-9H2. The third-order valence-electron chi connectivity index (χ3n) is 2.32. The van der Waals surface area contributed by atoms with Crippen molar-refractivity contribution < 1.29 is 4.74 Å². The van der Waals surface area contributed by atoms with Crippen molar-refractivity contribution in [2.75, 3.05) is 18.5 Å². The van der Waals surface area contributed by atoms with Crippen molar-refractivity contribution in [3.05, 3.63) is 54.4 Å². The second-order valence-electron chi connectivity index (χ2n) is 3.63. The molecule has 0 atom stereocenters. The van der Waals surface area contributed by atoms with Crippen molar-refractivity contribution in [1.29, 1.82) is 5.26 Å². The minimum Gasteiger partial charge on any atom is -0.492 e. The van der Waals surface area contributed by atoms with Crippen molar-refractivity contribution in [3.63, 3.8) is 0 Å². The number of benzene rings is 1. The number of rotatable bonds is 5. The smallest absolute Gasteiger partial charge is 0.140 e. The monoisotopic (exact) mass is 239 g/mol. The van der Waals surface area contributed by atoms with Crippen molar-refractivity contribution in [1.82, 2.24) is 4.98 Å². The number of anilines is 1. The van der Waals surface area contributed by atoms with Gasteiger partial charge in [0.2, 0.25) is 0 Å². The Morgan fingerprint density at radius 3 is 2.67 bits per heavy atom. The number of para-hydroxylation sites is 1. The summed E-state index contributed by atoms with van der Waals surface area (Å²) in [5, 5.41) is 11.8. The summed E-state index contributed by atoms with van der Waals surface area (Å²) < 4.78 is 5.54. The Bertz CT molecular complexity index is 517. The lowest BCUT2D eigenvalue weighted by atomic mass is 10.3. The lowest BCUT2D eigenvalue weighted by Crippen LogP contribution is -2.11. The van der Waals surface area contributed by atoms with E-state index >= 15 is 0 Å². The molecule has 0 aliphatic carbocycles. The summed E-state index contributed by atoms with van der Waals surface area (Å²) in [5.74, 6) is 0.859. The van der Waals surface area contributed by atoms with E-state index in [1.54, 1.807) is 12.3 Å². The molecule has 0 aliphatic heterocycles. The molecule has 0 radical (unpaired) electrons. The van der Waals surface area contributed by atoms with E-state index in [9.17, 15) is 0 Å². The molecule has 1 aromatic heterocycles. The zero-order chi connectivity index (χ0) is 12.6. The molecular weight excluding hydrogens is 226 g/mol. The normalized spacial score (nSPS) is 9.50. The van der Waals surface area contributed by atoms with Crippen molar-refractivity contribution in [3.8, 4) is 11.8 Å². The van der Waals surface area contributed by atoms with Gasteiger partial charge in [0, 0.05) is 6.54 Å². The van der Waals surface area contributed by atoms with E-state index in [-0.39, 0.29) is 0 Å². The average molecular weight is 239 g/mol. The van der Waals surface area contributed by atoms with Gasteiger partial charge in [0.1, 0.15) is 24.1 Å². The predicted octanol–water partition coefficient (Wildman–Crippen LogP) is 2.44. The minimum absolute atomic E-state index is 0.418. The van der Waals surface area contributed by atoms with E-state index < -0.39 is 0 Å². The van der Waals surface area contributed by atoms with Crippen LogP contribution in [0.15, 0.2) is 48.7 Å². The second-order valence-corrected chi connectivity index (χ2v) is 3.63. The topological polar surface area (TPSA) is 57.9 Å². The van der Waals surface area contributed by atoms with Crippen LogP contribution in [0.3, 0.4) is 0 Å². The first kappa shape index (κ1) is 11.9. The van der Waals surface area contributed by atoms with Gasteiger partial charge in [0.05, 0.1) is 11.9 Å². The van der Waals surface area contributed by atoms with E-state index in [1.165, 1.54) is 0 Å². The van der Waals surface area contributed by atoms with Gasteiger partial charge in [-0.05, 0) is 24.3 Å². The molecule has 0 spiro atoms. The molecule has 1 aromatic carbocycles. The first-order valence-corrected chi connectivity index (χ1v) is 5.66. The molecule has 4 nitrogen and oxygen atoms in total. The van der Waals surface area contributed by atoms with Gasteiger partial charge >= 0.3 is 0 Å². The number of ether oxygens (including phenoxy) is 1. The van der Waals surface area contributed by atoms with Gasteiger partial charge < -0.3 is 10.1 Å². The van der Waals surface area contributed by atoms with Crippen LogP contribution in [0, 0.1) is 11.3 Å². The van der Waals surface area contributed by atoms with Crippen LogP contribution < -0.4 is 10.1 Å². The number of hydrogen-bond donors (Lipinski definition) is 1. The van der Waals surface area contributed by atoms with Gasteiger partial charge in [-0.2, -0.15) is 5.26 Å². The first-order chi connectivity index (χ1) is 8.88. The SMILES string of the molecule is N#Cc1ccc(NCCOc2ccccc2)cn1. The van der Waals surface area contributed by atoms with Gasteiger partial charge in [0.25, 0.3) is 0 Å². The Labute approximate surface area is 106 Å². The minimum atomic E-state index is 0.418. The average Bonchev–Trinajstić information content (AvgIpc) is 2.45. The molecule has 0 saturated carbocycles. The van der Waals surface area contributed by atoms with E-state index in [1.807, 2.05) is 42.5 Å². The van der Waals surface area contributed by atoms with Crippen LogP contribution in [0.25, 0.3) is 0 Å². The molecule has 0 bridgehead atoms. The van der Waals surface area contributed by atoms with Gasteiger partial charge in [-0.3, -0.25) is 0 Å². The van der Waals surface area contributed by atoms with E-state index in [0.29, 0.717) is 18.8 Å². The van der Waals surface area contributed by atoms with Gasteiger partial charge in [-0.1, -0.05) is 18.2 Å². The molecule has 2 aromatic rings. The number of nitrogens with one attached hydrogen (secondary N) is 1. The number of hydrogen-bond acceptors (Lipinski definition) is 4. The van der Waals surface area contributed by atoms with E-state index in [2.05, 4.69) is 10.3 Å². The predicted molar refractivity (Wildman–Crippen MR) is 69.4 cm³/mol. The molecule has 90 valence electrons. The quantitative estimate of drug-likeness (QED) is 0.814. The molecule has 0 fully saturated rings. The highest BCUT2D eigenvalue weighted by atomic mass is 16.5. The third-order valence-corrected chi connectivity index (χ3v) is 2.32. The van der Waals surface area contributed by atoms with E-state index in [4.69, 9.17) is 10.00 Å². The van der Waals surface area contributed by atoms with Crippen LogP contribution in [0.1, 0.15) is 5.69 Å². The molecule has 1 heterocycles. The van der Waals surface area contributed by atoms with Crippen molar-refractivity contribution >= 4 is 5.69 Å². The van der Waals surface area contributed by atoms with Crippen molar-refractivity contribution in [2.24, 2.45) is 0 Å². The highest BCUT2D eigenvalue weighted by Gasteiger charge is 1.95. The molecule has 1 N–H and O–H groups in total. The van der Waals surface area contributed by atoms with Crippen LogP contribution in [0.4, 0.5) is 5.69 Å². The number of nitrogens with zero attached hydrogens (tertiary/aromatic N) is 2. The van der Waals surface area contributed by atoms with Crippen LogP contribution in [0.5, 0.6) is 5.75 Å². The fourth-order valence-electron chi connectivity index (χ4n) is 1.45. The fourth-order valence-corrected chi connectivity index (χ4v) is 1.45. The summed E-state index contributed by atoms with van der Waals surface area (Å²) in [7, 11) is 0. The maximum absolute atomic E-state index is 8.62. The molecule has 2 rings (SSSR count). The molecule has 4 heteroatoms. The van der Waals surface area contributed by atoms with Gasteiger partial charge in [0.15, 0.2) is 0 Å². The maximum Gasteiger partial charge on any atom is 0.140 e. The zero-order valence-electron chi connectivity index (χ0n) is 9.84. The number of pyridine rings is 1. The Hall–Kier alpha value is -2.54. The Balaban J connectivity index is 1.74. The summed E-state index contributed by atoms with van der Waals surface area (Å²) in [5.41, 5.74) is 1.30. The highest BCUT2D eigenvalue weighted by molar-refractivity contribution is 5.42. The Kier molecular flexibility index (Phi) is 4.15.